The first-order valence-corrected chi connectivity index (χ1v) is 9.76. The number of nitrogens with two attached hydrogens (primary N) is 1. The van der Waals surface area contributed by atoms with Crippen molar-refractivity contribution in [2.24, 2.45) is 16.6 Å². The Kier molecular flexibility index (Phi) is 5.13. The van der Waals surface area contributed by atoms with Crippen molar-refractivity contribution in [2.75, 3.05) is 0 Å². The summed E-state index contributed by atoms with van der Waals surface area (Å²) < 4.78 is 31.4. The number of allylic oxidation sites excluding steroid dienone is 2. The topological polar surface area (TPSA) is 115 Å². The summed E-state index contributed by atoms with van der Waals surface area (Å²) in [5, 5.41) is 13.1. The molecule has 0 amide bonds. The van der Waals surface area contributed by atoms with E-state index in [2.05, 4.69) is 15.1 Å². The number of rotatable bonds is 7. The first-order valence-electron chi connectivity index (χ1n) is 9.76. The lowest BCUT2D eigenvalue weighted by molar-refractivity contribution is -0.144. The molecule has 2 saturated carbocycles. The second-order valence-corrected chi connectivity index (χ2v) is 7.94. The second kappa shape index (κ2) is 7.62. The number of carboxylic acids is 1. The summed E-state index contributed by atoms with van der Waals surface area (Å²) in [6, 6.07) is 7.65. The van der Waals surface area contributed by atoms with Crippen LogP contribution in [-0.2, 0) is 10.2 Å². The molecule has 2 aromatic rings. The van der Waals surface area contributed by atoms with E-state index >= 15 is 0 Å². The molecular weight excluding hydrogens is 394 g/mol. The maximum atomic E-state index is 13.0. The minimum absolute atomic E-state index is 0.00670. The molecule has 2 aliphatic carbocycles. The lowest BCUT2D eigenvalue weighted by Gasteiger charge is -2.29. The quantitative estimate of drug-likeness (QED) is 0.670. The molecule has 0 bridgehead atoms. The number of halogens is 2. The van der Waals surface area contributed by atoms with Gasteiger partial charge in [0.25, 0.3) is 12.3 Å². The minimum atomic E-state index is -2.85. The number of aliphatic imine (C=N–C) groups is 1. The van der Waals surface area contributed by atoms with Gasteiger partial charge in [0.05, 0.1) is 23.1 Å². The van der Waals surface area contributed by atoms with Gasteiger partial charge in [-0.25, -0.2) is 8.78 Å². The summed E-state index contributed by atoms with van der Waals surface area (Å²) in [5.41, 5.74) is 6.70. The Hall–Kier alpha value is -3.10. The molecule has 30 heavy (non-hydrogen) atoms. The zero-order valence-electron chi connectivity index (χ0n) is 16.4. The monoisotopic (exact) mass is 416 g/mol. The highest BCUT2D eigenvalue weighted by molar-refractivity contribution is 6.06. The molecular formula is C21H22F2N4O3. The third-order valence-electron chi connectivity index (χ3n) is 5.82. The van der Waals surface area contributed by atoms with Crippen molar-refractivity contribution in [3.8, 4) is 0 Å². The van der Waals surface area contributed by atoms with Gasteiger partial charge in [0, 0.05) is 0 Å². The normalized spacial score (nSPS) is 23.3. The average Bonchev–Trinajstić information content (AvgIpc) is 3.31. The van der Waals surface area contributed by atoms with Crippen LogP contribution in [0.1, 0.15) is 48.5 Å². The van der Waals surface area contributed by atoms with Crippen molar-refractivity contribution in [2.45, 2.75) is 50.5 Å². The van der Waals surface area contributed by atoms with Crippen molar-refractivity contribution in [1.29, 1.82) is 0 Å². The molecule has 2 fully saturated rings. The van der Waals surface area contributed by atoms with Gasteiger partial charge >= 0.3 is 5.97 Å². The van der Waals surface area contributed by atoms with Crippen molar-refractivity contribution in [3.05, 3.63) is 58.9 Å². The minimum Gasteiger partial charge on any atom is -0.481 e. The van der Waals surface area contributed by atoms with Gasteiger partial charge in [-0.15, -0.1) is 0 Å². The van der Waals surface area contributed by atoms with Crippen molar-refractivity contribution in [3.63, 3.8) is 0 Å². The first-order chi connectivity index (χ1) is 14.3. The molecule has 0 radical (unpaired) electrons. The maximum Gasteiger partial charge on any atom is 0.306 e. The molecule has 1 aromatic carbocycles. The molecule has 7 nitrogen and oxygen atoms in total. The van der Waals surface area contributed by atoms with E-state index in [1.54, 1.807) is 0 Å². The Balaban J connectivity index is 1.65. The van der Waals surface area contributed by atoms with E-state index in [-0.39, 0.29) is 23.1 Å². The smallest absolute Gasteiger partial charge is 0.306 e. The van der Waals surface area contributed by atoms with E-state index in [1.165, 1.54) is 0 Å². The van der Waals surface area contributed by atoms with Crippen LogP contribution in [0.3, 0.4) is 0 Å². The predicted octanol–water partition coefficient (Wildman–Crippen LogP) is 3.22. The summed E-state index contributed by atoms with van der Waals surface area (Å²) in [7, 11) is 0. The SMILES string of the molecule is Cc1ccccc1C1(c2noc(C(/C=C(\N)C(F)F)=NC3CC(C(=O)O)C3)n2)CC1. The van der Waals surface area contributed by atoms with Crippen molar-refractivity contribution >= 4 is 11.7 Å². The number of benzene rings is 1. The predicted molar refractivity (Wildman–Crippen MR) is 104 cm³/mol. The molecule has 0 aliphatic heterocycles. The van der Waals surface area contributed by atoms with Gasteiger partial charge in [0.15, 0.2) is 5.82 Å². The fraction of sp³-hybridized carbons (Fsp3) is 0.429. The maximum absolute atomic E-state index is 13.0. The van der Waals surface area contributed by atoms with Crippen LogP contribution in [-0.4, -0.2) is 39.4 Å². The lowest BCUT2D eigenvalue weighted by atomic mass is 9.80. The molecule has 3 N–H and O–H groups in total. The third kappa shape index (κ3) is 3.71. The second-order valence-electron chi connectivity index (χ2n) is 7.94. The fourth-order valence-corrected chi connectivity index (χ4v) is 3.84. The van der Waals surface area contributed by atoms with Crippen LogP contribution in [0, 0.1) is 12.8 Å². The number of aromatic nitrogens is 2. The van der Waals surface area contributed by atoms with Gasteiger partial charge < -0.3 is 15.4 Å². The van der Waals surface area contributed by atoms with E-state index in [4.69, 9.17) is 15.4 Å². The molecule has 1 heterocycles. The first kappa shape index (κ1) is 20.2. The number of alkyl halides is 2. The number of aliphatic carboxylic acids is 1. The molecule has 2 aliphatic rings. The Morgan fingerprint density at radius 3 is 2.67 bits per heavy atom. The fourth-order valence-electron chi connectivity index (χ4n) is 3.84. The molecule has 158 valence electrons. The number of carbonyl (C=O) groups is 1. The zero-order valence-corrected chi connectivity index (χ0v) is 16.4. The van der Waals surface area contributed by atoms with E-state index in [1.807, 2.05) is 31.2 Å². The van der Waals surface area contributed by atoms with E-state index < -0.39 is 24.0 Å². The molecule has 0 unspecified atom stereocenters. The third-order valence-corrected chi connectivity index (χ3v) is 5.82. The van der Waals surface area contributed by atoms with Gasteiger partial charge in [-0.3, -0.25) is 9.79 Å². The van der Waals surface area contributed by atoms with Gasteiger partial charge in [-0.05, 0) is 49.8 Å². The summed E-state index contributed by atoms with van der Waals surface area (Å²) in [5.74, 6) is -0.877. The van der Waals surface area contributed by atoms with Crippen LogP contribution in [0.4, 0.5) is 8.78 Å². The Labute approximate surface area is 171 Å². The highest BCUT2D eigenvalue weighted by Gasteiger charge is 2.50. The number of hydrogen-bond acceptors (Lipinski definition) is 6. The highest BCUT2D eigenvalue weighted by atomic mass is 19.3. The average molecular weight is 416 g/mol. The van der Waals surface area contributed by atoms with E-state index in [0.29, 0.717) is 18.7 Å². The van der Waals surface area contributed by atoms with Gasteiger partial charge in [-0.2, -0.15) is 4.98 Å². The molecule has 0 saturated heterocycles. The molecule has 1 aromatic heterocycles. The van der Waals surface area contributed by atoms with Crippen molar-refractivity contribution < 1.29 is 23.2 Å². The van der Waals surface area contributed by atoms with Gasteiger partial charge in [-0.1, -0.05) is 29.4 Å². The van der Waals surface area contributed by atoms with Crippen LogP contribution in [0.2, 0.25) is 0 Å². The van der Waals surface area contributed by atoms with Crippen molar-refractivity contribution in [1.82, 2.24) is 10.1 Å². The van der Waals surface area contributed by atoms with E-state index in [9.17, 15) is 13.6 Å². The molecule has 0 spiro atoms. The largest absolute Gasteiger partial charge is 0.481 e. The standard InChI is InChI=1S/C21H22F2N4O3/c1-11-4-2-3-5-14(11)21(6-7-21)20-26-18(30-27-20)16(10-15(24)17(22)23)25-13-8-12(9-13)19(28)29/h2-5,10,12-13,17H,6-9,24H2,1H3,(H,28,29)/b15-10-,25-16?. The Morgan fingerprint density at radius 1 is 1.37 bits per heavy atom. The van der Waals surface area contributed by atoms with Crippen LogP contribution in [0.5, 0.6) is 0 Å². The Bertz CT molecular complexity index is 1020. The summed E-state index contributed by atoms with van der Waals surface area (Å²) >= 11 is 0. The lowest BCUT2D eigenvalue weighted by Crippen LogP contribution is -2.33. The number of nitrogens with zero attached hydrogens (tertiary/aromatic N) is 3. The molecule has 4 rings (SSSR count). The van der Waals surface area contributed by atoms with Crippen LogP contribution >= 0.6 is 0 Å². The molecule has 9 heteroatoms. The van der Waals surface area contributed by atoms with Gasteiger partial charge in [0.2, 0.25) is 0 Å². The van der Waals surface area contributed by atoms with E-state index in [0.717, 1.165) is 30.0 Å². The van der Waals surface area contributed by atoms with Gasteiger partial charge in [0.1, 0.15) is 5.71 Å². The summed E-state index contributed by atoms with van der Waals surface area (Å²) in [6.45, 7) is 2.02. The van der Waals surface area contributed by atoms with Crippen LogP contribution in [0.25, 0.3) is 0 Å². The number of carboxylic acid groups (broad SMARTS) is 1. The summed E-state index contributed by atoms with van der Waals surface area (Å²) in [4.78, 5) is 19.9. The summed E-state index contributed by atoms with van der Waals surface area (Å²) in [6.07, 6.45) is 0.559. The van der Waals surface area contributed by atoms with Crippen LogP contribution in [0.15, 0.2) is 45.6 Å². The number of hydrogen-bond donors (Lipinski definition) is 2. The molecule has 0 atom stereocenters. The van der Waals surface area contributed by atoms with Crippen LogP contribution < -0.4 is 5.73 Å². The Morgan fingerprint density at radius 2 is 2.07 bits per heavy atom. The number of aryl methyl sites for hydroxylation is 1. The zero-order chi connectivity index (χ0) is 21.5. The highest BCUT2D eigenvalue weighted by Crippen LogP contribution is 2.53.